The molecule has 2 N–H and O–H groups in total. The van der Waals surface area contributed by atoms with Crippen LogP contribution in [-0.4, -0.2) is 46.8 Å². The number of rotatable bonds is 8. The lowest BCUT2D eigenvalue weighted by atomic mass is 9.88. The summed E-state index contributed by atoms with van der Waals surface area (Å²) in [5, 5.41) is 13.9. The topological polar surface area (TPSA) is 35.5 Å². The Labute approximate surface area is 171 Å². The Bertz CT molecular complexity index is 561. The number of nitrogens with one attached hydrogen (secondary N) is 1. The minimum atomic E-state index is 0.166. The number of nitrogens with zero attached hydrogens (tertiary/aromatic N) is 1. The average Bonchev–Trinajstić information content (AvgIpc) is 3.38. The molecule has 0 aromatic heterocycles. The molecule has 3 unspecified atom stereocenters. The summed E-state index contributed by atoms with van der Waals surface area (Å²) in [6.07, 6.45) is 15.1. The van der Waals surface area contributed by atoms with Crippen molar-refractivity contribution in [3.63, 3.8) is 0 Å². The van der Waals surface area contributed by atoms with E-state index in [2.05, 4.69) is 47.5 Å². The van der Waals surface area contributed by atoms with Crippen LogP contribution in [0.1, 0.15) is 76.7 Å². The van der Waals surface area contributed by atoms with Crippen LogP contribution in [0.15, 0.2) is 30.3 Å². The molecule has 1 aromatic rings. The van der Waals surface area contributed by atoms with Gasteiger partial charge in [-0.3, -0.25) is 4.90 Å². The molecule has 0 amide bonds. The third-order valence-electron chi connectivity index (χ3n) is 7.64. The molecule has 0 spiro atoms. The third-order valence-corrected chi connectivity index (χ3v) is 7.64. The summed E-state index contributed by atoms with van der Waals surface area (Å²) in [6, 6.07) is 13.6. The first-order valence-electron chi connectivity index (χ1n) is 12.0. The summed E-state index contributed by atoms with van der Waals surface area (Å²) in [7, 11) is 0. The monoisotopic (exact) mass is 384 g/mol. The fourth-order valence-electron chi connectivity index (χ4n) is 6.04. The van der Waals surface area contributed by atoms with Gasteiger partial charge in [-0.15, -0.1) is 0 Å². The summed E-state index contributed by atoms with van der Waals surface area (Å²) in [5.41, 5.74) is 1.32. The molecular weight excluding hydrogens is 344 g/mol. The molecule has 0 radical (unpaired) electrons. The zero-order valence-corrected chi connectivity index (χ0v) is 17.7. The largest absolute Gasteiger partial charge is 0.395 e. The van der Waals surface area contributed by atoms with Gasteiger partial charge in [-0.2, -0.15) is 0 Å². The fourth-order valence-corrected chi connectivity index (χ4v) is 6.04. The van der Waals surface area contributed by atoms with E-state index in [0.29, 0.717) is 18.0 Å². The molecule has 28 heavy (non-hydrogen) atoms. The molecule has 3 saturated carbocycles. The Morgan fingerprint density at radius 1 is 0.929 bits per heavy atom. The first-order valence-corrected chi connectivity index (χ1v) is 12.0. The Balaban J connectivity index is 1.41. The molecule has 0 heterocycles. The Morgan fingerprint density at radius 2 is 1.50 bits per heavy atom. The van der Waals surface area contributed by atoms with E-state index < -0.39 is 0 Å². The lowest BCUT2D eigenvalue weighted by molar-refractivity contribution is 0.0647. The summed E-state index contributed by atoms with van der Waals surface area (Å²) >= 11 is 0. The van der Waals surface area contributed by atoms with E-state index in [1.54, 1.807) is 0 Å². The zero-order chi connectivity index (χ0) is 19.3. The summed E-state index contributed by atoms with van der Waals surface area (Å²) in [6.45, 7) is 2.65. The highest BCUT2D eigenvalue weighted by Crippen LogP contribution is 2.43. The normalized spacial score (nSPS) is 30.5. The van der Waals surface area contributed by atoms with Gasteiger partial charge in [-0.1, -0.05) is 75.8 Å². The van der Waals surface area contributed by atoms with Crippen LogP contribution in [0.2, 0.25) is 0 Å². The highest BCUT2D eigenvalue weighted by Gasteiger charge is 2.54. The van der Waals surface area contributed by atoms with Crippen molar-refractivity contribution in [3.8, 4) is 0 Å². The van der Waals surface area contributed by atoms with Crippen molar-refractivity contribution in [2.24, 2.45) is 5.92 Å². The SMILES string of the molecule is CC1C(N[C@H](CO)Cc2ccccc2)C1N(C1CCCCC1)C1CCCCC1. The average molecular weight is 385 g/mol. The van der Waals surface area contributed by atoms with Gasteiger partial charge in [0.1, 0.15) is 0 Å². The lowest BCUT2D eigenvalue weighted by Gasteiger charge is -2.42. The first-order chi connectivity index (χ1) is 13.8. The summed E-state index contributed by atoms with van der Waals surface area (Å²) in [5.74, 6) is 0.702. The fraction of sp³-hybridized carbons (Fsp3) is 0.760. The Morgan fingerprint density at radius 3 is 2.04 bits per heavy atom. The predicted octanol–water partition coefficient (Wildman–Crippen LogP) is 4.53. The van der Waals surface area contributed by atoms with Crippen molar-refractivity contribution in [1.82, 2.24) is 10.2 Å². The standard InChI is InChI=1S/C25H40N2O/c1-19-24(26-21(18-28)17-20-11-5-2-6-12-20)25(19)27(22-13-7-3-8-14-22)23-15-9-4-10-16-23/h2,5-6,11-12,19,21-26,28H,3-4,7-10,13-18H2,1H3/t19?,21-,24?,25?/m0/s1. The Hall–Kier alpha value is -0.900. The van der Waals surface area contributed by atoms with Crippen LogP contribution in [0.25, 0.3) is 0 Å². The molecule has 0 bridgehead atoms. The molecule has 3 heteroatoms. The van der Waals surface area contributed by atoms with Crippen molar-refractivity contribution in [1.29, 1.82) is 0 Å². The third kappa shape index (κ3) is 4.80. The highest BCUT2D eigenvalue weighted by molar-refractivity contribution is 5.17. The van der Waals surface area contributed by atoms with Gasteiger partial charge in [0.15, 0.2) is 0 Å². The maximum atomic E-state index is 10.00. The van der Waals surface area contributed by atoms with Gasteiger partial charge in [-0.05, 0) is 43.6 Å². The van der Waals surface area contributed by atoms with Gasteiger partial charge in [0.2, 0.25) is 0 Å². The molecule has 0 saturated heterocycles. The van der Waals surface area contributed by atoms with E-state index in [1.165, 1.54) is 69.8 Å². The second-order valence-corrected chi connectivity index (χ2v) is 9.64. The van der Waals surface area contributed by atoms with Crippen LogP contribution in [-0.2, 0) is 6.42 Å². The van der Waals surface area contributed by atoms with Gasteiger partial charge >= 0.3 is 0 Å². The van der Waals surface area contributed by atoms with E-state index >= 15 is 0 Å². The van der Waals surface area contributed by atoms with Crippen LogP contribution >= 0.6 is 0 Å². The van der Waals surface area contributed by atoms with Crippen LogP contribution in [0, 0.1) is 5.92 Å². The Kier molecular flexibility index (Phi) is 7.08. The van der Waals surface area contributed by atoms with E-state index in [9.17, 15) is 5.11 Å². The number of hydrogen-bond acceptors (Lipinski definition) is 3. The van der Waals surface area contributed by atoms with Crippen LogP contribution in [0.4, 0.5) is 0 Å². The van der Waals surface area contributed by atoms with E-state index in [0.717, 1.165) is 18.5 Å². The number of aliphatic hydroxyl groups excluding tert-OH is 1. The van der Waals surface area contributed by atoms with Gasteiger partial charge < -0.3 is 10.4 Å². The van der Waals surface area contributed by atoms with Crippen LogP contribution in [0.5, 0.6) is 0 Å². The molecule has 3 aliphatic carbocycles. The predicted molar refractivity (Wildman–Crippen MR) is 116 cm³/mol. The quantitative estimate of drug-likeness (QED) is 0.691. The second kappa shape index (κ2) is 9.73. The van der Waals surface area contributed by atoms with Gasteiger partial charge in [-0.25, -0.2) is 0 Å². The molecular formula is C25H40N2O. The van der Waals surface area contributed by atoms with Crippen LogP contribution in [0.3, 0.4) is 0 Å². The summed E-state index contributed by atoms with van der Waals surface area (Å²) in [4.78, 5) is 2.98. The second-order valence-electron chi connectivity index (χ2n) is 9.64. The molecule has 4 atom stereocenters. The van der Waals surface area contributed by atoms with Crippen molar-refractivity contribution in [3.05, 3.63) is 35.9 Å². The lowest BCUT2D eigenvalue weighted by Crippen LogP contribution is -2.49. The molecule has 156 valence electrons. The van der Waals surface area contributed by atoms with Crippen molar-refractivity contribution in [2.45, 2.75) is 108 Å². The van der Waals surface area contributed by atoms with E-state index in [4.69, 9.17) is 0 Å². The summed E-state index contributed by atoms with van der Waals surface area (Å²) < 4.78 is 0. The van der Waals surface area contributed by atoms with Gasteiger partial charge in [0.05, 0.1) is 6.61 Å². The molecule has 3 nitrogen and oxygen atoms in total. The smallest absolute Gasteiger partial charge is 0.0587 e. The van der Waals surface area contributed by atoms with Gasteiger partial charge in [0, 0.05) is 30.2 Å². The minimum Gasteiger partial charge on any atom is -0.395 e. The van der Waals surface area contributed by atoms with Gasteiger partial charge in [0.25, 0.3) is 0 Å². The van der Waals surface area contributed by atoms with Crippen molar-refractivity contribution >= 4 is 0 Å². The highest BCUT2D eigenvalue weighted by atomic mass is 16.3. The number of aliphatic hydroxyl groups is 1. The molecule has 1 aromatic carbocycles. The first kappa shape index (κ1) is 20.4. The molecule has 3 aliphatic rings. The molecule has 4 rings (SSSR count). The number of hydrogen-bond donors (Lipinski definition) is 2. The zero-order valence-electron chi connectivity index (χ0n) is 17.7. The maximum absolute atomic E-state index is 10.00. The maximum Gasteiger partial charge on any atom is 0.0587 e. The minimum absolute atomic E-state index is 0.166. The number of benzene rings is 1. The molecule has 0 aliphatic heterocycles. The van der Waals surface area contributed by atoms with E-state index in [-0.39, 0.29) is 12.6 Å². The van der Waals surface area contributed by atoms with Crippen molar-refractivity contribution in [2.75, 3.05) is 6.61 Å². The van der Waals surface area contributed by atoms with Crippen molar-refractivity contribution < 1.29 is 5.11 Å². The van der Waals surface area contributed by atoms with Crippen LogP contribution < -0.4 is 5.32 Å². The molecule has 3 fully saturated rings. The van der Waals surface area contributed by atoms with E-state index in [1.807, 2.05) is 0 Å².